The van der Waals surface area contributed by atoms with E-state index >= 15 is 0 Å². The lowest BCUT2D eigenvalue weighted by molar-refractivity contribution is -0.146. The van der Waals surface area contributed by atoms with E-state index in [4.69, 9.17) is 0 Å². The van der Waals surface area contributed by atoms with E-state index < -0.39 is 11.5 Å². The van der Waals surface area contributed by atoms with Gasteiger partial charge in [0.05, 0.1) is 11.9 Å². The second-order valence-electron chi connectivity index (χ2n) is 7.92. The molecule has 0 saturated heterocycles. The highest BCUT2D eigenvalue weighted by molar-refractivity contribution is 5.90. The highest BCUT2D eigenvalue weighted by Crippen LogP contribution is 2.37. The summed E-state index contributed by atoms with van der Waals surface area (Å²) in [6.07, 6.45) is 7.90. The van der Waals surface area contributed by atoms with E-state index in [1.165, 1.54) is 16.4 Å². The Morgan fingerprint density at radius 3 is 2.48 bits per heavy atom. The number of hydrogen-bond acceptors (Lipinski definition) is 3. The Labute approximate surface area is 159 Å². The van der Waals surface area contributed by atoms with E-state index in [1.807, 2.05) is 6.07 Å². The summed E-state index contributed by atoms with van der Waals surface area (Å²) in [4.78, 5) is 23.7. The summed E-state index contributed by atoms with van der Waals surface area (Å²) in [5, 5.41) is 16.2. The lowest BCUT2D eigenvalue weighted by Gasteiger charge is -2.28. The van der Waals surface area contributed by atoms with Gasteiger partial charge in [-0.2, -0.15) is 5.10 Å². The van der Waals surface area contributed by atoms with Crippen LogP contribution in [0.15, 0.2) is 42.7 Å². The Balaban J connectivity index is 1.49. The maximum absolute atomic E-state index is 12.4. The standard InChI is InChI=1S/C21H27N3O3/c1-21(2,20(26)27)24-14-18(13-22-24)23-19(25)12-15-8-10-17(11-9-15)16-6-4-3-5-7-16/h3-7,13-15,17H,8-12H2,1-2H3,(H,23,25)(H,26,27). The summed E-state index contributed by atoms with van der Waals surface area (Å²) < 4.78 is 1.36. The summed E-state index contributed by atoms with van der Waals surface area (Å²) in [7, 11) is 0. The first-order valence-corrected chi connectivity index (χ1v) is 9.49. The molecule has 1 aromatic heterocycles. The molecule has 0 aliphatic heterocycles. The zero-order valence-corrected chi connectivity index (χ0v) is 15.9. The van der Waals surface area contributed by atoms with Crippen LogP contribution in [0.4, 0.5) is 5.69 Å². The first-order valence-electron chi connectivity index (χ1n) is 9.49. The van der Waals surface area contributed by atoms with Gasteiger partial charge in [0.1, 0.15) is 0 Å². The number of carboxylic acids is 1. The fourth-order valence-corrected chi connectivity index (χ4v) is 3.69. The summed E-state index contributed by atoms with van der Waals surface area (Å²) >= 11 is 0. The number of nitrogens with zero attached hydrogens (tertiary/aromatic N) is 2. The normalized spacial score (nSPS) is 20.2. The summed E-state index contributed by atoms with van der Waals surface area (Å²) in [5.41, 5.74) is 0.778. The molecule has 0 radical (unpaired) electrons. The van der Waals surface area contributed by atoms with Gasteiger partial charge in [0.25, 0.3) is 0 Å². The predicted octanol–water partition coefficient (Wildman–Crippen LogP) is 4.01. The third kappa shape index (κ3) is 4.56. The summed E-state index contributed by atoms with van der Waals surface area (Å²) in [5.74, 6) is -0.0121. The van der Waals surface area contributed by atoms with Gasteiger partial charge in [0.2, 0.25) is 5.91 Å². The lowest BCUT2D eigenvalue weighted by Crippen LogP contribution is -2.35. The number of hydrogen-bond donors (Lipinski definition) is 2. The third-order valence-electron chi connectivity index (χ3n) is 5.55. The van der Waals surface area contributed by atoms with Crippen LogP contribution in [0.5, 0.6) is 0 Å². The van der Waals surface area contributed by atoms with Crippen molar-refractivity contribution in [1.82, 2.24) is 9.78 Å². The average molecular weight is 369 g/mol. The molecule has 0 spiro atoms. The van der Waals surface area contributed by atoms with Crippen LogP contribution in [0.2, 0.25) is 0 Å². The van der Waals surface area contributed by atoms with Gasteiger partial charge < -0.3 is 10.4 Å². The van der Waals surface area contributed by atoms with Crippen molar-refractivity contribution in [2.75, 3.05) is 5.32 Å². The number of aromatic nitrogens is 2. The molecular formula is C21H27N3O3. The van der Waals surface area contributed by atoms with Crippen LogP contribution in [0.1, 0.15) is 57.4 Å². The number of carbonyl (C=O) groups is 2. The molecule has 1 aliphatic carbocycles. The quantitative estimate of drug-likeness (QED) is 0.806. The van der Waals surface area contributed by atoms with E-state index in [0.717, 1.165) is 25.7 Å². The molecular weight excluding hydrogens is 342 g/mol. The average Bonchev–Trinajstić information content (AvgIpc) is 3.12. The van der Waals surface area contributed by atoms with E-state index in [0.29, 0.717) is 23.9 Å². The number of amides is 1. The molecule has 1 heterocycles. The van der Waals surface area contributed by atoms with Gasteiger partial charge in [-0.25, -0.2) is 4.79 Å². The zero-order valence-electron chi connectivity index (χ0n) is 15.9. The highest BCUT2D eigenvalue weighted by atomic mass is 16.4. The first-order chi connectivity index (χ1) is 12.9. The van der Waals surface area contributed by atoms with Crippen molar-refractivity contribution in [3.05, 3.63) is 48.3 Å². The van der Waals surface area contributed by atoms with Gasteiger partial charge in [0.15, 0.2) is 5.54 Å². The zero-order chi connectivity index (χ0) is 19.4. The molecule has 3 rings (SSSR count). The number of aliphatic carboxylic acids is 1. The Morgan fingerprint density at radius 1 is 1.19 bits per heavy atom. The fraction of sp³-hybridized carbons (Fsp3) is 0.476. The topological polar surface area (TPSA) is 84.2 Å². The monoisotopic (exact) mass is 369 g/mol. The number of anilines is 1. The lowest BCUT2D eigenvalue weighted by atomic mass is 9.77. The molecule has 0 bridgehead atoms. The number of carboxylic acid groups (broad SMARTS) is 1. The molecule has 27 heavy (non-hydrogen) atoms. The van der Waals surface area contributed by atoms with E-state index in [9.17, 15) is 14.7 Å². The molecule has 6 nitrogen and oxygen atoms in total. The van der Waals surface area contributed by atoms with Crippen molar-refractivity contribution >= 4 is 17.6 Å². The molecule has 0 atom stereocenters. The Morgan fingerprint density at radius 2 is 1.85 bits per heavy atom. The number of nitrogens with one attached hydrogen (secondary N) is 1. The Bertz CT molecular complexity index is 790. The first kappa shape index (κ1) is 19.1. The van der Waals surface area contributed by atoms with Crippen LogP contribution in [0, 0.1) is 5.92 Å². The van der Waals surface area contributed by atoms with E-state index in [2.05, 4.69) is 34.7 Å². The number of carbonyl (C=O) groups excluding carboxylic acids is 1. The molecule has 1 fully saturated rings. The molecule has 2 N–H and O–H groups in total. The van der Waals surface area contributed by atoms with Crippen LogP contribution in [0.3, 0.4) is 0 Å². The van der Waals surface area contributed by atoms with Crippen molar-refractivity contribution in [3.8, 4) is 0 Å². The van der Waals surface area contributed by atoms with Crippen LogP contribution in [0.25, 0.3) is 0 Å². The van der Waals surface area contributed by atoms with Crippen molar-refractivity contribution in [2.24, 2.45) is 5.92 Å². The van der Waals surface area contributed by atoms with Gasteiger partial charge in [-0.05, 0) is 56.9 Å². The maximum Gasteiger partial charge on any atom is 0.331 e. The molecule has 1 saturated carbocycles. The predicted molar refractivity (Wildman–Crippen MR) is 104 cm³/mol. The molecule has 2 aromatic rings. The van der Waals surface area contributed by atoms with Crippen LogP contribution in [-0.2, 0) is 15.1 Å². The van der Waals surface area contributed by atoms with Gasteiger partial charge in [-0.1, -0.05) is 30.3 Å². The maximum atomic E-state index is 12.4. The number of benzene rings is 1. The fourth-order valence-electron chi connectivity index (χ4n) is 3.69. The number of rotatable bonds is 6. The van der Waals surface area contributed by atoms with Gasteiger partial charge in [0, 0.05) is 12.6 Å². The molecule has 1 amide bonds. The van der Waals surface area contributed by atoms with Gasteiger partial charge in [-0.15, -0.1) is 0 Å². The molecule has 1 aliphatic rings. The summed E-state index contributed by atoms with van der Waals surface area (Å²) in [6.45, 7) is 3.14. The van der Waals surface area contributed by atoms with Crippen LogP contribution < -0.4 is 5.32 Å². The van der Waals surface area contributed by atoms with Crippen molar-refractivity contribution in [1.29, 1.82) is 0 Å². The summed E-state index contributed by atoms with van der Waals surface area (Å²) in [6, 6.07) is 10.6. The van der Waals surface area contributed by atoms with E-state index in [1.54, 1.807) is 20.0 Å². The van der Waals surface area contributed by atoms with Crippen molar-refractivity contribution < 1.29 is 14.7 Å². The minimum absolute atomic E-state index is 0.0363. The van der Waals surface area contributed by atoms with Crippen molar-refractivity contribution in [3.63, 3.8) is 0 Å². The second kappa shape index (κ2) is 7.94. The largest absolute Gasteiger partial charge is 0.479 e. The molecule has 6 heteroatoms. The van der Waals surface area contributed by atoms with Gasteiger partial charge >= 0.3 is 5.97 Å². The van der Waals surface area contributed by atoms with E-state index in [-0.39, 0.29) is 5.91 Å². The third-order valence-corrected chi connectivity index (χ3v) is 5.55. The van der Waals surface area contributed by atoms with Crippen molar-refractivity contribution in [2.45, 2.75) is 57.4 Å². The minimum atomic E-state index is -1.15. The smallest absolute Gasteiger partial charge is 0.331 e. The Kier molecular flexibility index (Phi) is 5.63. The molecule has 1 aromatic carbocycles. The van der Waals surface area contributed by atoms with Gasteiger partial charge in [-0.3, -0.25) is 9.48 Å². The molecule has 144 valence electrons. The van der Waals surface area contributed by atoms with Crippen LogP contribution in [-0.4, -0.2) is 26.8 Å². The highest BCUT2D eigenvalue weighted by Gasteiger charge is 2.30. The molecule has 0 unspecified atom stereocenters. The second-order valence-corrected chi connectivity index (χ2v) is 7.92. The van der Waals surface area contributed by atoms with Crippen LogP contribution >= 0.6 is 0 Å². The minimum Gasteiger partial charge on any atom is -0.479 e. The Hall–Kier alpha value is -2.63. The SMILES string of the molecule is CC(C)(C(=O)O)n1cc(NC(=O)CC2CCC(c3ccccc3)CC2)cn1.